The summed E-state index contributed by atoms with van der Waals surface area (Å²) in [5, 5.41) is 22.1. The smallest absolute Gasteiger partial charge is 0.281 e. The van der Waals surface area contributed by atoms with Crippen LogP contribution in [0.4, 0.5) is 0 Å². The zero-order valence-electron chi connectivity index (χ0n) is 22.2. The number of hydrogen-bond donors (Lipinski definition) is 2. The number of aliphatic hydroxyl groups is 2. The summed E-state index contributed by atoms with van der Waals surface area (Å²) in [6.45, 7) is 3.91. The summed E-state index contributed by atoms with van der Waals surface area (Å²) in [7, 11) is 0. The standard InChI is InChI=1S/C32H30N4O5/c1-2-18-35-20-34-29-26(30(35)39)33-21-36(29)31-28(38)27(37)25(41-31)19-40-32(22-12-6-3-7-13-22,23-14-8-4-9-15-23)24-16-10-5-11-17-24/h2-17,20-21,25,27-28,31,37-38H,1,18-19H2/t25-,27-,28-,31-/m1/s1. The van der Waals surface area contributed by atoms with Crippen LogP contribution >= 0.6 is 0 Å². The SMILES string of the molecule is C=CCn1cnc2c(ncn2[C@@H]2O[C@H](COC(c3ccccc3)(c3ccccc3)c3ccccc3)[C@@H](O)[C@H]2O)c1=O. The van der Waals surface area contributed by atoms with Crippen molar-refractivity contribution in [1.82, 2.24) is 19.1 Å². The van der Waals surface area contributed by atoms with Gasteiger partial charge in [-0.2, -0.15) is 0 Å². The fraction of sp³-hybridized carbons (Fsp3) is 0.219. The molecule has 5 aromatic rings. The van der Waals surface area contributed by atoms with Gasteiger partial charge in [0.15, 0.2) is 17.4 Å². The van der Waals surface area contributed by atoms with Crippen LogP contribution in [-0.4, -0.2) is 54.2 Å². The zero-order chi connectivity index (χ0) is 28.4. The number of ether oxygens (including phenoxy) is 2. The van der Waals surface area contributed by atoms with Gasteiger partial charge in [-0.1, -0.05) is 97.1 Å². The number of imidazole rings is 1. The van der Waals surface area contributed by atoms with E-state index in [0.29, 0.717) is 6.54 Å². The second-order valence-corrected chi connectivity index (χ2v) is 9.95. The van der Waals surface area contributed by atoms with Crippen LogP contribution in [0, 0.1) is 0 Å². The average molecular weight is 551 g/mol. The van der Waals surface area contributed by atoms with E-state index < -0.39 is 30.1 Å². The van der Waals surface area contributed by atoms with Crippen LogP contribution in [0.3, 0.4) is 0 Å². The second-order valence-electron chi connectivity index (χ2n) is 9.95. The topological polar surface area (TPSA) is 112 Å². The lowest BCUT2D eigenvalue weighted by Gasteiger charge is -2.37. The number of fused-ring (bicyclic) bond motifs is 1. The number of aromatic nitrogens is 4. The largest absolute Gasteiger partial charge is 0.387 e. The summed E-state index contributed by atoms with van der Waals surface area (Å²) in [5.74, 6) is 0. The van der Waals surface area contributed by atoms with Crippen LogP contribution in [0.1, 0.15) is 22.9 Å². The minimum Gasteiger partial charge on any atom is -0.387 e. The molecule has 1 fully saturated rings. The molecule has 9 heteroatoms. The molecule has 1 aliphatic rings. The second kappa shape index (κ2) is 11.2. The maximum atomic E-state index is 12.8. The van der Waals surface area contributed by atoms with Crippen molar-refractivity contribution in [2.45, 2.75) is 36.7 Å². The Morgan fingerprint density at radius 2 is 1.41 bits per heavy atom. The van der Waals surface area contributed by atoms with Crippen LogP contribution in [0.5, 0.6) is 0 Å². The van der Waals surface area contributed by atoms with Gasteiger partial charge in [0.25, 0.3) is 5.56 Å². The normalized spacial score (nSPS) is 20.8. The Bertz CT molecular complexity index is 1590. The van der Waals surface area contributed by atoms with Gasteiger partial charge in [-0.05, 0) is 16.7 Å². The molecule has 6 rings (SSSR count). The first-order valence-corrected chi connectivity index (χ1v) is 13.4. The van der Waals surface area contributed by atoms with Crippen LogP contribution in [-0.2, 0) is 21.6 Å². The van der Waals surface area contributed by atoms with Gasteiger partial charge in [0.1, 0.15) is 30.2 Å². The van der Waals surface area contributed by atoms with Gasteiger partial charge in [0.2, 0.25) is 0 Å². The minimum atomic E-state index is -1.31. The van der Waals surface area contributed by atoms with Crippen LogP contribution in [0.2, 0.25) is 0 Å². The molecule has 1 saturated heterocycles. The number of benzene rings is 3. The fourth-order valence-electron chi connectivity index (χ4n) is 5.47. The van der Waals surface area contributed by atoms with Gasteiger partial charge >= 0.3 is 0 Å². The van der Waals surface area contributed by atoms with E-state index in [9.17, 15) is 15.0 Å². The van der Waals surface area contributed by atoms with E-state index in [2.05, 4.69) is 16.5 Å². The van der Waals surface area contributed by atoms with Crippen molar-refractivity contribution in [2.75, 3.05) is 6.61 Å². The van der Waals surface area contributed by atoms with Gasteiger partial charge in [0.05, 0.1) is 12.9 Å². The van der Waals surface area contributed by atoms with Gasteiger partial charge < -0.3 is 19.7 Å². The van der Waals surface area contributed by atoms with Gasteiger partial charge in [-0.15, -0.1) is 6.58 Å². The monoisotopic (exact) mass is 550 g/mol. The molecule has 3 heterocycles. The predicted octanol–water partition coefficient (Wildman–Crippen LogP) is 3.41. The molecule has 0 unspecified atom stereocenters. The van der Waals surface area contributed by atoms with Crippen molar-refractivity contribution in [1.29, 1.82) is 0 Å². The maximum absolute atomic E-state index is 12.8. The maximum Gasteiger partial charge on any atom is 0.281 e. The number of hydrogen-bond acceptors (Lipinski definition) is 7. The first kappa shape index (κ1) is 26.8. The van der Waals surface area contributed by atoms with Gasteiger partial charge in [-0.3, -0.25) is 13.9 Å². The van der Waals surface area contributed by atoms with E-state index in [1.54, 1.807) is 6.08 Å². The van der Waals surface area contributed by atoms with E-state index in [0.717, 1.165) is 16.7 Å². The number of allylic oxidation sites excluding steroid dienone is 1. The quantitative estimate of drug-likeness (QED) is 0.214. The Hall–Kier alpha value is -4.41. The molecule has 9 nitrogen and oxygen atoms in total. The number of nitrogens with zero attached hydrogens (tertiary/aromatic N) is 4. The molecule has 0 spiro atoms. The number of aliphatic hydroxyl groups excluding tert-OH is 2. The number of rotatable bonds is 9. The summed E-state index contributed by atoms with van der Waals surface area (Å²) >= 11 is 0. The lowest BCUT2D eigenvalue weighted by Crippen LogP contribution is -2.39. The molecule has 4 atom stereocenters. The third-order valence-electron chi connectivity index (χ3n) is 7.49. The summed E-state index contributed by atoms with van der Waals surface area (Å²) in [6, 6.07) is 29.6. The summed E-state index contributed by atoms with van der Waals surface area (Å²) < 4.78 is 15.9. The molecule has 0 amide bonds. The molecule has 208 valence electrons. The van der Waals surface area contributed by atoms with Crippen molar-refractivity contribution in [3.63, 3.8) is 0 Å². The van der Waals surface area contributed by atoms with E-state index in [1.165, 1.54) is 21.8 Å². The summed E-state index contributed by atoms with van der Waals surface area (Å²) in [5.41, 5.74) is 1.75. The fourth-order valence-corrected chi connectivity index (χ4v) is 5.47. The molecule has 0 radical (unpaired) electrons. The first-order valence-electron chi connectivity index (χ1n) is 13.4. The van der Waals surface area contributed by atoms with Crippen LogP contribution in [0.25, 0.3) is 11.2 Å². The van der Waals surface area contributed by atoms with E-state index in [1.807, 2.05) is 91.0 Å². The summed E-state index contributed by atoms with van der Waals surface area (Å²) in [6.07, 6.45) is -0.0944. The highest BCUT2D eigenvalue weighted by molar-refractivity contribution is 5.69. The van der Waals surface area contributed by atoms with Crippen molar-refractivity contribution < 1.29 is 19.7 Å². The summed E-state index contributed by atoms with van der Waals surface area (Å²) in [4.78, 5) is 21.4. The average Bonchev–Trinajstić information content (AvgIpc) is 3.57. The lowest BCUT2D eigenvalue weighted by molar-refractivity contribution is -0.0942. The third kappa shape index (κ3) is 4.68. The van der Waals surface area contributed by atoms with Gasteiger partial charge in [0, 0.05) is 6.54 Å². The van der Waals surface area contributed by atoms with Crippen molar-refractivity contribution >= 4 is 11.2 Å². The zero-order valence-corrected chi connectivity index (χ0v) is 22.2. The highest BCUT2D eigenvalue weighted by Gasteiger charge is 2.46. The Kier molecular flexibility index (Phi) is 7.34. The Morgan fingerprint density at radius 1 is 0.854 bits per heavy atom. The Balaban J connectivity index is 1.35. The van der Waals surface area contributed by atoms with Crippen molar-refractivity contribution in [2.24, 2.45) is 0 Å². The Morgan fingerprint density at radius 3 is 1.95 bits per heavy atom. The minimum absolute atomic E-state index is 0.0421. The lowest BCUT2D eigenvalue weighted by atomic mass is 9.80. The third-order valence-corrected chi connectivity index (χ3v) is 7.49. The highest BCUT2D eigenvalue weighted by Crippen LogP contribution is 2.41. The first-order chi connectivity index (χ1) is 20.0. The predicted molar refractivity (Wildman–Crippen MR) is 153 cm³/mol. The van der Waals surface area contributed by atoms with Crippen LogP contribution in [0.15, 0.2) is 121 Å². The molecule has 41 heavy (non-hydrogen) atoms. The molecule has 3 aromatic carbocycles. The molecule has 0 aliphatic carbocycles. The molecular formula is C32H30N4O5. The van der Waals surface area contributed by atoms with Crippen molar-refractivity contribution in [3.8, 4) is 0 Å². The van der Waals surface area contributed by atoms with Crippen LogP contribution < -0.4 is 5.56 Å². The van der Waals surface area contributed by atoms with E-state index in [4.69, 9.17) is 9.47 Å². The Labute approximate surface area is 236 Å². The molecule has 0 bridgehead atoms. The highest BCUT2D eigenvalue weighted by atomic mass is 16.6. The van der Waals surface area contributed by atoms with E-state index >= 15 is 0 Å². The molecule has 0 saturated carbocycles. The molecule has 1 aliphatic heterocycles. The van der Waals surface area contributed by atoms with Gasteiger partial charge in [-0.25, -0.2) is 9.97 Å². The molecular weight excluding hydrogens is 520 g/mol. The van der Waals surface area contributed by atoms with Crippen molar-refractivity contribution in [3.05, 3.63) is 143 Å². The van der Waals surface area contributed by atoms with E-state index in [-0.39, 0.29) is 23.3 Å². The molecule has 2 N–H and O–H groups in total. The molecule has 2 aromatic heterocycles.